The molecule has 1 saturated heterocycles. The van der Waals surface area contributed by atoms with Crippen molar-refractivity contribution in [3.63, 3.8) is 0 Å². The van der Waals surface area contributed by atoms with Gasteiger partial charge in [-0.05, 0) is 38.1 Å². The Morgan fingerprint density at radius 1 is 1.35 bits per heavy atom. The summed E-state index contributed by atoms with van der Waals surface area (Å²) in [6.45, 7) is 1.62. The van der Waals surface area contributed by atoms with Crippen LogP contribution in [0.15, 0.2) is 18.2 Å². The molecule has 0 radical (unpaired) electrons. The molecule has 1 aliphatic heterocycles. The van der Waals surface area contributed by atoms with Crippen molar-refractivity contribution in [3.8, 4) is 5.75 Å². The molecular formula is C14H18N2O4. The maximum atomic E-state index is 12.2. The minimum atomic E-state index is -1.08. The van der Waals surface area contributed by atoms with Crippen LogP contribution in [0.5, 0.6) is 5.75 Å². The molecule has 0 unspecified atom stereocenters. The number of methoxy groups -OCH3 is 1. The predicted molar refractivity (Wildman–Crippen MR) is 74.2 cm³/mol. The van der Waals surface area contributed by atoms with Crippen LogP contribution < -0.4 is 15.4 Å². The zero-order valence-electron chi connectivity index (χ0n) is 11.3. The van der Waals surface area contributed by atoms with E-state index >= 15 is 0 Å². The molecule has 1 aromatic carbocycles. The standard InChI is InChI=1S/C14H18N2O4/c1-20-10-2-3-11(14(18)19)12(8-10)16-13(17)9-4-6-15-7-5-9/h2-3,8-9,15H,4-7H2,1H3,(H,16,17)(H,18,19). The Morgan fingerprint density at radius 2 is 2.05 bits per heavy atom. The van der Waals surface area contributed by atoms with Crippen molar-refractivity contribution < 1.29 is 19.4 Å². The number of carbonyl (C=O) groups is 2. The van der Waals surface area contributed by atoms with Gasteiger partial charge in [0.05, 0.1) is 18.4 Å². The fourth-order valence-electron chi connectivity index (χ4n) is 2.26. The molecule has 108 valence electrons. The summed E-state index contributed by atoms with van der Waals surface area (Å²) in [5.74, 6) is -0.782. The third kappa shape index (κ3) is 3.27. The van der Waals surface area contributed by atoms with Crippen LogP contribution in [-0.2, 0) is 4.79 Å². The van der Waals surface area contributed by atoms with Crippen LogP contribution in [0.25, 0.3) is 0 Å². The van der Waals surface area contributed by atoms with Crippen molar-refractivity contribution in [3.05, 3.63) is 23.8 Å². The van der Waals surface area contributed by atoms with Gasteiger partial charge in [0, 0.05) is 12.0 Å². The molecule has 6 nitrogen and oxygen atoms in total. The molecule has 0 atom stereocenters. The number of carboxylic acid groups (broad SMARTS) is 1. The third-order valence-electron chi connectivity index (χ3n) is 3.42. The Labute approximate surface area is 117 Å². The third-order valence-corrected chi connectivity index (χ3v) is 3.42. The summed E-state index contributed by atoms with van der Waals surface area (Å²) in [5.41, 5.74) is 0.341. The Morgan fingerprint density at radius 3 is 2.65 bits per heavy atom. The zero-order valence-corrected chi connectivity index (χ0v) is 11.3. The number of carboxylic acids is 1. The van der Waals surface area contributed by atoms with Crippen molar-refractivity contribution >= 4 is 17.6 Å². The number of anilines is 1. The highest BCUT2D eigenvalue weighted by Crippen LogP contribution is 2.24. The van der Waals surface area contributed by atoms with Crippen molar-refractivity contribution in [2.24, 2.45) is 5.92 Å². The van der Waals surface area contributed by atoms with Gasteiger partial charge in [0.2, 0.25) is 5.91 Å². The van der Waals surface area contributed by atoms with Crippen molar-refractivity contribution in [1.29, 1.82) is 0 Å². The van der Waals surface area contributed by atoms with Gasteiger partial charge in [-0.2, -0.15) is 0 Å². The van der Waals surface area contributed by atoms with Gasteiger partial charge in [-0.15, -0.1) is 0 Å². The lowest BCUT2D eigenvalue weighted by Crippen LogP contribution is -2.34. The molecule has 6 heteroatoms. The second-order valence-corrected chi connectivity index (χ2v) is 4.73. The Kier molecular flexibility index (Phi) is 4.57. The van der Waals surface area contributed by atoms with E-state index in [2.05, 4.69) is 10.6 Å². The average molecular weight is 278 g/mol. The van der Waals surface area contributed by atoms with Gasteiger partial charge in [-0.25, -0.2) is 4.79 Å². The summed E-state index contributed by atoms with van der Waals surface area (Å²) in [4.78, 5) is 23.3. The van der Waals surface area contributed by atoms with Gasteiger partial charge in [0.25, 0.3) is 0 Å². The number of amides is 1. The number of benzene rings is 1. The van der Waals surface area contributed by atoms with E-state index in [9.17, 15) is 9.59 Å². The molecule has 0 spiro atoms. The van der Waals surface area contributed by atoms with E-state index in [0.29, 0.717) is 5.75 Å². The van der Waals surface area contributed by atoms with Gasteiger partial charge in [0.1, 0.15) is 5.75 Å². The first-order valence-electron chi connectivity index (χ1n) is 6.54. The number of hydrogen-bond donors (Lipinski definition) is 3. The van der Waals surface area contributed by atoms with Crippen LogP contribution in [0.1, 0.15) is 23.2 Å². The Bertz CT molecular complexity index is 510. The topological polar surface area (TPSA) is 87.7 Å². The predicted octanol–water partition coefficient (Wildman–Crippen LogP) is 1.33. The monoisotopic (exact) mass is 278 g/mol. The lowest BCUT2D eigenvalue weighted by molar-refractivity contribution is -0.120. The molecule has 1 aliphatic rings. The van der Waals surface area contributed by atoms with Gasteiger partial charge >= 0.3 is 5.97 Å². The van der Waals surface area contributed by atoms with E-state index in [1.807, 2.05) is 0 Å². The molecule has 1 fully saturated rings. The zero-order chi connectivity index (χ0) is 14.5. The summed E-state index contributed by atoms with van der Waals surface area (Å²) >= 11 is 0. The maximum Gasteiger partial charge on any atom is 0.337 e. The molecule has 1 heterocycles. The van der Waals surface area contributed by atoms with E-state index in [1.165, 1.54) is 19.2 Å². The Hall–Kier alpha value is -2.08. The van der Waals surface area contributed by atoms with Crippen LogP contribution in [0.3, 0.4) is 0 Å². The van der Waals surface area contributed by atoms with E-state index in [1.54, 1.807) is 6.07 Å². The lowest BCUT2D eigenvalue weighted by atomic mass is 9.97. The van der Waals surface area contributed by atoms with Crippen molar-refractivity contribution in [2.45, 2.75) is 12.8 Å². The van der Waals surface area contributed by atoms with Gasteiger partial charge in [-0.1, -0.05) is 0 Å². The summed E-state index contributed by atoms with van der Waals surface area (Å²) in [6, 6.07) is 4.52. The first-order chi connectivity index (χ1) is 9.61. The fourth-order valence-corrected chi connectivity index (χ4v) is 2.26. The molecule has 2 rings (SSSR count). The number of rotatable bonds is 4. The number of carbonyl (C=O) groups excluding carboxylic acids is 1. The van der Waals surface area contributed by atoms with Crippen LogP contribution in [0.4, 0.5) is 5.69 Å². The van der Waals surface area contributed by atoms with Crippen molar-refractivity contribution in [2.75, 3.05) is 25.5 Å². The molecule has 1 aromatic rings. The van der Waals surface area contributed by atoms with E-state index in [4.69, 9.17) is 9.84 Å². The van der Waals surface area contributed by atoms with Crippen LogP contribution in [0, 0.1) is 5.92 Å². The molecule has 0 aromatic heterocycles. The molecule has 0 aliphatic carbocycles. The second-order valence-electron chi connectivity index (χ2n) is 4.73. The van der Waals surface area contributed by atoms with Crippen LogP contribution >= 0.6 is 0 Å². The smallest absolute Gasteiger partial charge is 0.337 e. The van der Waals surface area contributed by atoms with Crippen LogP contribution in [0.2, 0.25) is 0 Å². The van der Waals surface area contributed by atoms with E-state index in [0.717, 1.165) is 25.9 Å². The normalized spacial score (nSPS) is 15.7. The number of piperidine rings is 1. The SMILES string of the molecule is COc1ccc(C(=O)O)c(NC(=O)C2CCNCC2)c1. The molecule has 3 N–H and O–H groups in total. The van der Waals surface area contributed by atoms with Gasteiger partial charge in [0.15, 0.2) is 0 Å². The number of hydrogen-bond acceptors (Lipinski definition) is 4. The molecule has 0 saturated carbocycles. The van der Waals surface area contributed by atoms with Gasteiger partial charge < -0.3 is 20.5 Å². The number of ether oxygens (including phenoxy) is 1. The summed E-state index contributed by atoms with van der Waals surface area (Å²) in [6.07, 6.45) is 1.52. The highest BCUT2D eigenvalue weighted by atomic mass is 16.5. The highest BCUT2D eigenvalue weighted by molar-refractivity contribution is 6.01. The molecule has 0 bridgehead atoms. The largest absolute Gasteiger partial charge is 0.497 e. The summed E-state index contributed by atoms with van der Waals surface area (Å²) < 4.78 is 5.06. The number of nitrogens with one attached hydrogen (secondary N) is 2. The molecule has 1 amide bonds. The van der Waals surface area contributed by atoms with Gasteiger partial charge in [-0.3, -0.25) is 4.79 Å². The Balaban J connectivity index is 2.17. The van der Waals surface area contributed by atoms with Crippen molar-refractivity contribution in [1.82, 2.24) is 5.32 Å². The summed E-state index contributed by atoms with van der Waals surface area (Å²) in [5, 5.41) is 15.0. The van der Waals surface area contributed by atoms with E-state index in [-0.39, 0.29) is 23.1 Å². The lowest BCUT2D eigenvalue weighted by Gasteiger charge is -2.22. The molecular weight excluding hydrogens is 260 g/mol. The molecule has 20 heavy (non-hydrogen) atoms. The first-order valence-corrected chi connectivity index (χ1v) is 6.54. The second kappa shape index (κ2) is 6.38. The minimum absolute atomic E-state index is 0.0630. The highest BCUT2D eigenvalue weighted by Gasteiger charge is 2.22. The maximum absolute atomic E-state index is 12.2. The minimum Gasteiger partial charge on any atom is -0.497 e. The quantitative estimate of drug-likeness (QED) is 0.773. The number of aromatic carboxylic acids is 1. The fraction of sp³-hybridized carbons (Fsp3) is 0.429. The summed E-state index contributed by atoms with van der Waals surface area (Å²) in [7, 11) is 1.49. The van der Waals surface area contributed by atoms with Crippen LogP contribution in [-0.4, -0.2) is 37.2 Å². The van der Waals surface area contributed by atoms with E-state index < -0.39 is 5.97 Å². The first kappa shape index (κ1) is 14.3. The average Bonchev–Trinajstić information content (AvgIpc) is 2.47.